The number of hydrogen-bond acceptors (Lipinski definition) is 1. The van der Waals surface area contributed by atoms with Crippen molar-refractivity contribution < 1.29 is 4.79 Å². The lowest BCUT2D eigenvalue weighted by atomic mass is 9.64. The fourth-order valence-electron chi connectivity index (χ4n) is 4.24. The monoisotopic (exact) mass is 219 g/mol. The number of rotatable bonds is 0. The molecule has 0 N–H and O–H groups in total. The number of fused-ring (bicyclic) bond motifs is 4. The molecule has 1 aliphatic carbocycles. The van der Waals surface area contributed by atoms with Gasteiger partial charge < -0.3 is 4.90 Å². The Hall–Kier alpha value is -0.790. The van der Waals surface area contributed by atoms with E-state index in [0.29, 0.717) is 23.8 Å². The maximum atomic E-state index is 12.1. The first kappa shape index (κ1) is 10.4. The Balaban J connectivity index is 2.02. The SMILES string of the molecule is C=C1CCC2CC1C1CCC(=O)N1C2(C)C. The molecule has 2 heteroatoms. The molecule has 0 aromatic carbocycles. The molecular formula is C14H21NO. The molecule has 2 aliphatic heterocycles. The van der Waals surface area contributed by atoms with E-state index < -0.39 is 0 Å². The van der Waals surface area contributed by atoms with Crippen molar-refractivity contribution >= 4 is 5.91 Å². The topological polar surface area (TPSA) is 20.3 Å². The minimum Gasteiger partial charge on any atom is -0.334 e. The highest BCUT2D eigenvalue weighted by Gasteiger charge is 2.54. The smallest absolute Gasteiger partial charge is 0.223 e. The first-order valence-electron chi connectivity index (χ1n) is 6.51. The Morgan fingerprint density at radius 3 is 2.81 bits per heavy atom. The molecule has 88 valence electrons. The Bertz CT molecular complexity index is 358. The number of carbonyl (C=O) groups excluding carboxylic acids is 1. The van der Waals surface area contributed by atoms with E-state index in [9.17, 15) is 4.79 Å². The molecule has 1 saturated carbocycles. The van der Waals surface area contributed by atoms with Gasteiger partial charge in [-0.05, 0) is 45.4 Å². The molecule has 2 nitrogen and oxygen atoms in total. The van der Waals surface area contributed by atoms with Crippen molar-refractivity contribution in [1.82, 2.24) is 4.90 Å². The van der Waals surface area contributed by atoms with Crippen LogP contribution in [0.15, 0.2) is 12.2 Å². The Morgan fingerprint density at radius 1 is 1.31 bits per heavy atom. The summed E-state index contributed by atoms with van der Waals surface area (Å²) >= 11 is 0. The molecule has 0 radical (unpaired) electrons. The van der Waals surface area contributed by atoms with Gasteiger partial charge in [0.25, 0.3) is 0 Å². The number of nitrogens with zero attached hydrogens (tertiary/aromatic N) is 1. The molecule has 2 saturated heterocycles. The van der Waals surface area contributed by atoms with Gasteiger partial charge in [-0.2, -0.15) is 0 Å². The molecule has 2 heterocycles. The number of hydrogen-bond donors (Lipinski definition) is 0. The first-order valence-corrected chi connectivity index (χ1v) is 6.51. The minimum atomic E-state index is 0.0788. The quantitative estimate of drug-likeness (QED) is 0.574. The van der Waals surface area contributed by atoms with E-state index in [2.05, 4.69) is 25.3 Å². The summed E-state index contributed by atoms with van der Waals surface area (Å²) in [6.07, 6.45) is 5.47. The second-order valence-corrected chi connectivity index (χ2v) is 6.26. The van der Waals surface area contributed by atoms with Crippen LogP contribution in [-0.2, 0) is 4.79 Å². The summed E-state index contributed by atoms with van der Waals surface area (Å²) < 4.78 is 0. The van der Waals surface area contributed by atoms with Gasteiger partial charge in [-0.1, -0.05) is 12.2 Å². The molecule has 3 fully saturated rings. The molecule has 3 rings (SSSR count). The normalized spacial score (nSPS) is 41.1. The van der Waals surface area contributed by atoms with Crippen molar-refractivity contribution in [3.8, 4) is 0 Å². The zero-order chi connectivity index (χ0) is 11.5. The Labute approximate surface area is 97.7 Å². The van der Waals surface area contributed by atoms with E-state index in [-0.39, 0.29) is 5.54 Å². The maximum Gasteiger partial charge on any atom is 0.223 e. The van der Waals surface area contributed by atoms with E-state index >= 15 is 0 Å². The third kappa shape index (κ3) is 1.16. The van der Waals surface area contributed by atoms with Gasteiger partial charge in [0.05, 0.1) is 0 Å². The van der Waals surface area contributed by atoms with Crippen LogP contribution in [0.4, 0.5) is 0 Å². The van der Waals surface area contributed by atoms with Gasteiger partial charge in [0.2, 0.25) is 5.91 Å². The lowest BCUT2D eigenvalue weighted by molar-refractivity contribution is -0.142. The van der Waals surface area contributed by atoms with Crippen LogP contribution in [0.25, 0.3) is 0 Å². The summed E-state index contributed by atoms with van der Waals surface area (Å²) in [5, 5.41) is 0. The molecule has 3 unspecified atom stereocenters. The standard InChI is InChI=1S/C14H21NO/c1-9-4-5-10-8-11(9)12-6-7-13(16)15(12)14(10,2)3/h10-12H,1,4-8H2,2-3H3. The number of carbonyl (C=O) groups is 1. The van der Waals surface area contributed by atoms with E-state index in [4.69, 9.17) is 0 Å². The second-order valence-electron chi connectivity index (χ2n) is 6.26. The average Bonchev–Trinajstić information content (AvgIpc) is 2.60. The molecular weight excluding hydrogens is 198 g/mol. The molecule has 3 aliphatic rings. The fraction of sp³-hybridized carbons (Fsp3) is 0.786. The average molecular weight is 219 g/mol. The van der Waals surface area contributed by atoms with Crippen molar-refractivity contribution in [2.45, 2.75) is 57.5 Å². The molecule has 3 atom stereocenters. The Kier molecular flexibility index (Phi) is 2.02. The fourth-order valence-corrected chi connectivity index (χ4v) is 4.24. The lowest BCUT2D eigenvalue weighted by Crippen LogP contribution is -2.61. The molecule has 0 spiro atoms. The predicted octanol–water partition coefficient (Wildman–Crippen LogP) is 2.74. The van der Waals surface area contributed by atoms with Gasteiger partial charge in [-0.15, -0.1) is 0 Å². The summed E-state index contributed by atoms with van der Waals surface area (Å²) in [6.45, 7) is 8.75. The largest absolute Gasteiger partial charge is 0.334 e. The van der Waals surface area contributed by atoms with Gasteiger partial charge in [0.1, 0.15) is 0 Å². The molecule has 2 bridgehead atoms. The molecule has 0 aromatic heterocycles. The number of amides is 1. The predicted molar refractivity (Wildman–Crippen MR) is 63.9 cm³/mol. The first-order chi connectivity index (χ1) is 7.51. The van der Waals surface area contributed by atoms with E-state index in [0.717, 1.165) is 12.8 Å². The van der Waals surface area contributed by atoms with Gasteiger partial charge >= 0.3 is 0 Å². The summed E-state index contributed by atoms with van der Waals surface area (Å²) in [4.78, 5) is 14.3. The van der Waals surface area contributed by atoms with Crippen LogP contribution >= 0.6 is 0 Å². The van der Waals surface area contributed by atoms with Gasteiger partial charge in [-0.25, -0.2) is 0 Å². The summed E-state index contributed by atoms with van der Waals surface area (Å²) in [7, 11) is 0. The summed E-state index contributed by atoms with van der Waals surface area (Å²) in [5.74, 6) is 1.65. The van der Waals surface area contributed by atoms with Crippen LogP contribution in [0.5, 0.6) is 0 Å². The van der Waals surface area contributed by atoms with Crippen molar-refractivity contribution in [3.05, 3.63) is 12.2 Å². The van der Waals surface area contributed by atoms with Crippen LogP contribution in [0.3, 0.4) is 0 Å². The van der Waals surface area contributed by atoms with Crippen molar-refractivity contribution in [1.29, 1.82) is 0 Å². The van der Waals surface area contributed by atoms with Gasteiger partial charge in [-0.3, -0.25) is 4.79 Å². The number of piperidine rings is 1. The van der Waals surface area contributed by atoms with E-state index in [1.165, 1.54) is 24.8 Å². The van der Waals surface area contributed by atoms with Crippen LogP contribution in [0.1, 0.15) is 46.0 Å². The highest BCUT2D eigenvalue weighted by Crippen LogP contribution is 2.51. The Morgan fingerprint density at radius 2 is 2.06 bits per heavy atom. The maximum absolute atomic E-state index is 12.1. The van der Waals surface area contributed by atoms with Gasteiger partial charge in [0, 0.05) is 23.9 Å². The van der Waals surface area contributed by atoms with Crippen LogP contribution < -0.4 is 0 Å². The molecule has 1 amide bonds. The third-order valence-corrected chi connectivity index (χ3v) is 5.22. The summed E-state index contributed by atoms with van der Waals surface area (Å²) in [5.41, 5.74) is 1.48. The lowest BCUT2D eigenvalue weighted by Gasteiger charge is -2.56. The van der Waals surface area contributed by atoms with Crippen molar-refractivity contribution in [2.24, 2.45) is 11.8 Å². The minimum absolute atomic E-state index is 0.0788. The second kappa shape index (κ2) is 3.12. The molecule has 16 heavy (non-hydrogen) atoms. The van der Waals surface area contributed by atoms with Crippen LogP contribution in [0.2, 0.25) is 0 Å². The van der Waals surface area contributed by atoms with Gasteiger partial charge in [0.15, 0.2) is 0 Å². The highest BCUT2D eigenvalue weighted by molar-refractivity contribution is 5.80. The van der Waals surface area contributed by atoms with Crippen LogP contribution in [-0.4, -0.2) is 22.4 Å². The zero-order valence-electron chi connectivity index (χ0n) is 10.3. The van der Waals surface area contributed by atoms with E-state index in [1.54, 1.807) is 0 Å². The molecule has 0 aromatic rings. The van der Waals surface area contributed by atoms with Crippen LogP contribution in [0, 0.1) is 11.8 Å². The summed E-state index contributed by atoms with van der Waals surface area (Å²) in [6, 6.07) is 0.464. The zero-order valence-corrected chi connectivity index (χ0v) is 10.3. The van der Waals surface area contributed by atoms with E-state index in [1.807, 2.05) is 0 Å². The van der Waals surface area contributed by atoms with Crippen molar-refractivity contribution in [3.63, 3.8) is 0 Å². The van der Waals surface area contributed by atoms with Crippen molar-refractivity contribution in [2.75, 3.05) is 0 Å². The highest BCUT2D eigenvalue weighted by atomic mass is 16.2. The third-order valence-electron chi connectivity index (χ3n) is 5.22.